The van der Waals surface area contributed by atoms with Crippen molar-refractivity contribution in [3.63, 3.8) is 0 Å². The zero-order valence-electron chi connectivity index (χ0n) is 16.4. The van der Waals surface area contributed by atoms with Crippen LogP contribution < -0.4 is 4.90 Å². The molecule has 5 heteroatoms. The summed E-state index contributed by atoms with van der Waals surface area (Å²) in [5.74, 6) is -0.556. The average Bonchev–Trinajstić information content (AvgIpc) is 2.72. The van der Waals surface area contributed by atoms with Crippen molar-refractivity contribution >= 4 is 28.3 Å². The zero-order chi connectivity index (χ0) is 20.1. The molecule has 0 fully saturated rings. The molecule has 0 bridgehead atoms. The Morgan fingerprint density at radius 1 is 0.893 bits per heavy atom. The van der Waals surface area contributed by atoms with Gasteiger partial charge in [0, 0.05) is 13.6 Å². The minimum absolute atomic E-state index is 0.0976. The van der Waals surface area contributed by atoms with Crippen LogP contribution in [0.2, 0.25) is 0 Å². The van der Waals surface area contributed by atoms with Gasteiger partial charge < -0.3 is 9.64 Å². The molecule has 5 nitrogen and oxygen atoms in total. The predicted octanol–water partition coefficient (Wildman–Crippen LogP) is 3.72. The lowest BCUT2D eigenvalue weighted by molar-refractivity contribution is -0.119. The molecule has 1 amide bonds. The zero-order valence-corrected chi connectivity index (χ0v) is 16.4. The van der Waals surface area contributed by atoms with Crippen LogP contribution in [0.25, 0.3) is 10.8 Å². The fourth-order valence-corrected chi connectivity index (χ4v) is 3.22. The Hall–Kier alpha value is -3.18. The fraction of sp³-hybridized carbons (Fsp3) is 0.217. The summed E-state index contributed by atoms with van der Waals surface area (Å²) in [6, 6.07) is 21.5. The van der Waals surface area contributed by atoms with Gasteiger partial charge in [-0.1, -0.05) is 48.5 Å². The number of para-hydroxylation sites is 1. The summed E-state index contributed by atoms with van der Waals surface area (Å²) < 4.78 is 4.81. The van der Waals surface area contributed by atoms with Crippen molar-refractivity contribution in [3.8, 4) is 0 Å². The molecule has 0 saturated carbocycles. The standard InChI is InChI=1S/C23H24N2O3/c1-24(15-17-12-13-18-8-4-5-9-19(18)14-17)16-22(26)25(2)21-11-7-6-10-20(21)23(27)28-3/h4-14H,15-16H2,1-3H3. The van der Waals surface area contributed by atoms with Crippen molar-refractivity contribution in [2.45, 2.75) is 6.54 Å². The molecule has 0 heterocycles. The Labute approximate surface area is 165 Å². The largest absolute Gasteiger partial charge is 0.465 e. The van der Waals surface area contributed by atoms with Crippen molar-refractivity contribution in [1.82, 2.24) is 4.90 Å². The molecule has 28 heavy (non-hydrogen) atoms. The molecule has 0 atom stereocenters. The highest BCUT2D eigenvalue weighted by molar-refractivity contribution is 6.02. The molecule has 0 spiro atoms. The number of anilines is 1. The number of nitrogens with zero attached hydrogens (tertiary/aromatic N) is 2. The van der Waals surface area contributed by atoms with Crippen molar-refractivity contribution in [1.29, 1.82) is 0 Å². The van der Waals surface area contributed by atoms with Crippen LogP contribution in [0, 0.1) is 0 Å². The Bertz CT molecular complexity index is 1000. The number of hydrogen-bond donors (Lipinski definition) is 0. The van der Waals surface area contributed by atoms with Gasteiger partial charge in [0.25, 0.3) is 0 Å². The molecule has 0 aliphatic rings. The molecule has 0 aliphatic heterocycles. The Balaban J connectivity index is 1.69. The molecular weight excluding hydrogens is 352 g/mol. The monoisotopic (exact) mass is 376 g/mol. The lowest BCUT2D eigenvalue weighted by atomic mass is 10.1. The summed E-state index contributed by atoms with van der Waals surface area (Å²) >= 11 is 0. The molecule has 3 aromatic carbocycles. The van der Waals surface area contributed by atoms with Crippen molar-refractivity contribution in [3.05, 3.63) is 77.9 Å². The van der Waals surface area contributed by atoms with Crippen molar-refractivity contribution < 1.29 is 14.3 Å². The van der Waals surface area contributed by atoms with E-state index < -0.39 is 5.97 Å². The van der Waals surface area contributed by atoms with E-state index in [-0.39, 0.29) is 12.5 Å². The van der Waals surface area contributed by atoms with Gasteiger partial charge in [-0.15, -0.1) is 0 Å². The summed E-state index contributed by atoms with van der Waals surface area (Å²) in [5.41, 5.74) is 2.06. The molecule has 144 valence electrons. The van der Waals surface area contributed by atoms with Gasteiger partial charge in [0.1, 0.15) is 0 Å². The highest BCUT2D eigenvalue weighted by Crippen LogP contribution is 2.21. The second kappa shape index (κ2) is 8.67. The molecule has 0 unspecified atom stereocenters. The first-order chi connectivity index (χ1) is 13.5. The van der Waals surface area contributed by atoms with Gasteiger partial charge in [-0.3, -0.25) is 9.69 Å². The van der Waals surface area contributed by atoms with Crippen LogP contribution in [-0.2, 0) is 16.1 Å². The quantitative estimate of drug-likeness (QED) is 0.615. The molecule has 0 N–H and O–H groups in total. The number of carbonyl (C=O) groups excluding carboxylic acids is 2. The average molecular weight is 376 g/mol. The Morgan fingerprint density at radius 2 is 1.57 bits per heavy atom. The SMILES string of the molecule is COC(=O)c1ccccc1N(C)C(=O)CN(C)Cc1ccc2ccccc2c1. The highest BCUT2D eigenvalue weighted by Gasteiger charge is 2.19. The highest BCUT2D eigenvalue weighted by atomic mass is 16.5. The number of benzene rings is 3. The van der Waals surface area contributed by atoms with Crippen LogP contribution in [0.15, 0.2) is 66.7 Å². The molecular formula is C23H24N2O3. The number of fused-ring (bicyclic) bond motifs is 1. The van der Waals surface area contributed by atoms with Crippen LogP contribution >= 0.6 is 0 Å². The topological polar surface area (TPSA) is 49.9 Å². The summed E-state index contributed by atoms with van der Waals surface area (Å²) in [6.45, 7) is 0.891. The summed E-state index contributed by atoms with van der Waals surface area (Å²) in [6.07, 6.45) is 0. The minimum Gasteiger partial charge on any atom is -0.465 e. The van der Waals surface area contributed by atoms with Gasteiger partial charge >= 0.3 is 5.97 Å². The van der Waals surface area contributed by atoms with E-state index >= 15 is 0 Å². The van der Waals surface area contributed by atoms with Crippen molar-refractivity contribution in [2.75, 3.05) is 32.6 Å². The van der Waals surface area contributed by atoms with E-state index in [4.69, 9.17) is 4.74 Å². The first kappa shape index (κ1) is 19.6. The van der Waals surface area contributed by atoms with Crippen LogP contribution in [0.4, 0.5) is 5.69 Å². The van der Waals surface area contributed by atoms with Crippen LogP contribution in [0.3, 0.4) is 0 Å². The summed E-state index contributed by atoms with van der Waals surface area (Å²) in [4.78, 5) is 28.2. The number of methoxy groups -OCH3 is 1. The van der Waals surface area contributed by atoms with E-state index in [9.17, 15) is 9.59 Å². The first-order valence-electron chi connectivity index (χ1n) is 9.09. The number of ether oxygens (including phenoxy) is 1. The third-order valence-electron chi connectivity index (χ3n) is 4.72. The number of carbonyl (C=O) groups is 2. The van der Waals surface area contributed by atoms with Gasteiger partial charge in [-0.2, -0.15) is 0 Å². The second-order valence-corrected chi connectivity index (χ2v) is 6.82. The van der Waals surface area contributed by atoms with E-state index in [1.54, 1.807) is 31.3 Å². The molecule has 3 rings (SSSR count). The van der Waals surface area contributed by atoms with Crippen LogP contribution in [0.1, 0.15) is 15.9 Å². The van der Waals surface area contributed by atoms with Crippen LogP contribution in [0.5, 0.6) is 0 Å². The lowest BCUT2D eigenvalue weighted by Gasteiger charge is -2.23. The summed E-state index contributed by atoms with van der Waals surface area (Å²) in [5, 5.41) is 2.38. The van der Waals surface area contributed by atoms with E-state index in [1.165, 1.54) is 22.8 Å². The van der Waals surface area contributed by atoms with Gasteiger partial charge in [0.15, 0.2) is 0 Å². The maximum absolute atomic E-state index is 12.8. The number of rotatable bonds is 6. The van der Waals surface area contributed by atoms with Crippen LogP contribution in [-0.4, -0.2) is 44.5 Å². The fourth-order valence-electron chi connectivity index (χ4n) is 3.22. The Kier molecular flexibility index (Phi) is 6.06. The molecule has 0 aliphatic carbocycles. The maximum atomic E-state index is 12.8. The van der Waals surface area contributed by atoms with Gasteiger partial charge in [-0.25, -0.2) is 4.79 Å². The molecule has 0 saturated heterocycles. The van der Waals surface area contributed by atoms with E-state index in [0.717, 1.165) is 5.56 Å². The molecule has 0 aromatic heterocycles. The number of hydrogen-bond acceptors (Lipinski definition) is 4. The maximum Gasteiger partial charge on any atom is 0.339 e. The third kappa shape index (κ3) is 4.38. The second-order valence-electron chi connectivity index (χ2n) is 6.82. The number of esters is 1. The molecule has 0 radical (unpaired) electrons. The smallest absolute Gasteiger partial charge is 0.339 e. The predicted molar refractivity (Wildman–Crippen MR) is 111 cm³/mol. The lowest BCUT2D eigenvalue weighted by Crippen LogP contribution is -2.37. The van der Waals surface area contributed by atoms with Gasteiger partial charge in [0.2, 0.25) is 5.91 Å². The van der Waals surface area contributed by atoms with E-state index in [2.05, 4.69) is 30.3 Å². The van der Waals surface area contributed by atoms with Gasteiger partial charge in [0.05, 0.1) is 24.9 Å². The van der Waals surface area contributed by atoms with Crippen molar-refractivity contribution in [2.24, 2.45) is 0 Å². The summed E-state index contributed by atoms with van der Waals surface area (Å²) in [7, 11) is 4.92. The Morgan fingerprint density at radius 3 is 2.32 bits per heavy atom. The van der Waals surface area contributed by atoms with Gasteiger partial charge in [-0.05, 0) is 41.6 Å². The van der Waals surface area contributed by atoms with E-state index in [0.29, 0.717) is 17.8 Å². The first-order valence-corrected chi connectivity index (χ1v) is 9.09. The minimum atomic E-state index is -0.459. The number of likely N-dealkylation sites (N-methyl/N-ethyl adjacent to an activating group) is 2. The third-order valence-corrected chi connectivity index (χ3v) is 4.72. The normalized spacial score (nSPS) is 10.9. The van der Waals surface area contributed by atoms with E-state index in [1.807, 2.05) is 24.1 Å². The molecule has 3 aromatic rings. The number of amides is 1.